The minimum Gasteiger partial charge on any atom is -0.496 e. The fourth-order valence-corrected chi connectivity index (χ4v) is 4.68. The molecule has 6 nitrogen and oxygen atoms in total. The van der Waals surface area contributed by atoms with E-state index < -0.39 is 0 Å². The van der Waals surface area contributed by atoms with E-state index in [2.05, 4.69) is 42.5 Å². The van der Waals surface area contributed by atoms with Crippen LogP contribution in [0.25, 0.3) is 0 Å². The van der Waals surface area contributed by atoms with Crippen molar-refractivity contribution < 1.29 is 19.1 Å². The van der Waals surface area contributed by atoms with Crippen LogP contribution in [0.3, 0.4) is 0 Å². The standard InChI is InChI=1S/C22H24Br2N2O4/c1-29-19-9-7-13(11-15(19)23)21(27)25-17-5-3-4-6-18(17)26-22(28)14-8-10-20(30-2)16(24)12-14/h7-12,17-18H,3-6H2,1-2H3,(H,25,27)(H,26,28)/t17-,18-/m0/s1. The molecule has 2 atom stereocenters. The minimum absolute atomic E-state index is 0.127. The minimum atomic E-state index is -0.170. The lowest BCUT2D eigenvalue weighted by Crippen LogP contribution is -2.53. The van der Waals surface area contributed by atoms with Crippen molar-refractivity contribution in [3.05, 3.63) is 56.5 Å². The fraction of sp³-hybridized carbons (Fsp3) is 0.364. The average molecular weight is 540 g/mol. The first-order valence-electron chi connectivity index (χ1n) is 9.71. The van der Waals surface area contributed by atoms with Gasteiger partial charge in [0.2, 0.25) is 0 Å². The number of ether oxygens (including phenoxy) is 2. The topological polar surface area (TPSA) is 76.7 Å². The summed E-state index contributed by atoms with van der Waals surface area (Å²) in [5.74, 6) is 0.994. The highest BCUT2D eigenvalue weighted by Gasteiger charge is 2.28. The van der Waals surface area contributed by atoms with Crippen molar-refractivity contribution in [3.8, 4) is 11.5 Å². The Hall–Kier alpha value is -2.06. The molecule has 1 saturated carbocycles. The molecule has 0 unspecified atom stereocenters. The van der Waals surface area contributed by atoms with E-state index in [-0.39, 0.29) is 23.9 Å². The zero-order valence-electron chi connectivity index (χ0n) is 16.8. The quantitative estimate of drug-likeness (QED) is 0.558. The van der Waals surface area contributed by atoms with Crippen LogP contribution in [-0.2, 0) is 0 Å². The van der Waals surface area contributed by atoms with Gasteiger partial charge in [-0.3, -0.25) is 9.59 Å². The summed E-state index contributed by atoms with van der Waals surface area (Å²) in [6, 6.07) is 10.2. The number of nitrogens with one attached hydrogen (secondary N) is 2. The van der Waals surface area contributed by atoms with Crippen molar-refractivity contribution in [1.29, 1.82) is 0 Å². The molecule has 2 aromatic carbocycles. The number of benzene rings is 2. The van der Waals surface area contributed by atoms with Crippen LogP contribution in [0.5, 0.6) is 11.5 Å². The Kier molecular flexibility index (Phi) is 7.77. The third-order valence-electron chi connectivity index (χ3n) is 5.23. The molecule has 0 saturated heterocycles. The van der Waals surface area contributed by atoms with E-state index in [0.29, 0.717) is 22.6 Å². The van der Waals surface area contributed by atoms with Gasteiger partial charge < -0.3 is 20.1 Å². The van der Waals surface area contributed by atoms with Crippen LogP contribution in [-0.4, -0.2) is 38.1 Å². The van der Waals surface area contributed by atoms with Crippen molar-refractivity contribution in [2.24, 2.45) is 0 Å². The molecule has 8 heteroatoms. The molecule has 0 radical (unpaired) electrons. The van der Waals surface area contributed by atoms with Crippen molar-refractivity contribution >= 4 is 43.7 Å². The molecule has 3 rings (SSSR count). The number of halogens is 2. The second-order valence-corrected chi connectivity index (χ2v) is 8.85. The highest BCUT2D eigenvalue weighted by Crippen LogP contribution is 2.27. The van der Waals surface area contributed by atoms with Gasteiger partial charge in [-0.2, -0.15) is 0 Å². The molecular weight excluding hydrogens is 516 g/mol. The molecule has 160 valence electrons. The van der Waals surface area contributed by atoms with Gasteiger partial charge in [0, 0.05) is 23.2 Å². The Bertz CT molecular complexity index is 860. The highest BCUT2D eigenvalue weighted by atomic mass is 79.9. The summed E-state index contributed by atoms with van der Waals surface area (Å²) in [5, 5.41) is 6.18. The molecule has 0 spiro atoms. The van der Waals surface area contributed by atoms with Gasteiger partial charge >= 0.3 is 0 Å². The van der Waals surface area contributed by atoms with Gasteiger partial charge in [0.25, 0.3) is 11.8 Å². The number of hydrogen-bond acceptors (Lipinski definition) is 4. The average Bonchev–Trinajstić information content (AvgIpc) is 2.74. The summed E-state index contributed by atoms with van der Waals surface area (Å²) in [7, 11) is 3.16. The van der Waals surface area contributed by atoms with E-state index in [1.807, 2.05) is 0 Å². The molecule has 0 heterocycles. The van der Waals surface area contributed by atoms with E-state index in [1.165, 1.54) is 0 Å². The Morgan fingerprint density at radius 3 is 1.53 bits per heavy atom. The SMILES string of the molecule is COc1ccc(C(=O)N[C@H]2CCCC[C@@H]2NC(=O)c2ccc(OC)c(Br)c2)cc1Br. The first kappa shape index (κ1) is 22.6. The van der Waals surface area contributed by atoms with Crippen LogP contribution in [0, 0.1) is 0 Å². The summed E-state index contributed by atoms with van der Waals surface area (Å²) >= 11 is 6.83. The second-order valence-electron chi connectivity index (χ2n) is 7.14. The largest absolute Gasteiger partial charge is 0.496 e. The second kappa shape index (κ2) is 10.3. The van der Waals surface area contributed by atoms with Gasteiger partial charge in [-0.15, -0.1) is 0 Å². The Morgan fingerprint density at radius 1 is 0.800 bits per heavy atom. The van der Waals surface area contributed by atoms with Crippen LogP contribution in [0.2, 0.25) is 0 Å². The van der Waals surface area contributed by atoms with E-state index >= 15 is 0 Å². The molecule has 2 aromatic rings. The number of hydrogen-bond donors (Lipinski definition) is 2. The van der Waals surface area contributed by atoms with Crippen molar-refractivity contribution in [3.63, 3.8) is 0 Å². The van der Waals surface area contributed by atoms with Crippen molar-refractivity contribution in [2.75, 3.05) is 14.2 Å². The molecule has 1 fully saturated rings. The molecule has 0 aromatic heterocycles. The van der Waals surface area contributed by atoms with E-state index in [0.717, 1.165) is 34.6 Å². The smallest absolute Gasteiger partial charge is 0.251 e. The molecular formula is C22H24Br2N2O4. The van der Waals surface area contributed by atoms with Crippen LogP contribution >= 0.6 is 31.9 Å². The number of carbonyl (C=O) groups excluding carboxylic acids is 2. The van der Waals surface area contributed by atoms with Gasteiger partial charge in [-0.25, -0.2) is 0 Å². The predicted octanol–water partition coefficient (Wildman–Crippen LogP) is 4.70. The van der Waals surface area contributed by atoms with Gasteiger partial charge in [0.15, 0.2) is 0 Å². The van der Waals surface area contributed by atoms with E-state index in [9.17, 15) is 9.59 Å². The summed E-state index contributed by atoms with van der Waals surface area (Å²) in [6.45, 7) is 0. The van der Waals surface area contributed by atoms with Crippen LogP contribution < -0.4 is 20.1 Å². The highest BCUT2D eigenvalue weighted by molar-refractivity contribution is 9.10. The molecule has 0 bridgehead atoms. The molecule has 30 heavy (non-hydrogen) atoms. The van der Waals surface area contributed by atoms with Gasteiger partial charge in [0.1, 0.15) is 11.5 Å². The zero-order valence-corrected chi connectivity index (χ0v) is 20.0. The summed E-state index contributed by atoms with van der Waals surface area (Å²) in [4.78, 5) is 25.6. The normalized spacial score (nSPS) is 18.4. The fourth-order valence-electron chi connectivity index (χ4n) is 3.60. The van der Waals surface area contributed by atoms with Crippen LogP contribution in [0.1, 0.15) is 46.4 Å². The van der Waals surface area contributed by atoms with E-state index in [4.69, 9.17) is 9.47 Å². The monoisotopic (exact) mass is 538 g/mol. The van der Waals surface area contributed by atoms with Gasteiger partial charge in [-0.05, 0) is 81.1 Å². The van der Waals surface area contributed by atoms with E-state index in [1.54, 1.807) is 50.6 Å². The predicted molar refractivity (Wildman–Crippen MR) is 122 cm³/mol. The molecule has 2 N–H and O–H groups in total. The summed E-state index contributed by atoms with van der Waals surface area (Å²) in [5.41, 5.74) is 1.08. The number of methoxy groups -OCH3 is 2. The summed E-state index contributed by atoms with van der Waals surface area (Å²) < 4.78 is 11.9. The lowest BCUT2D eigenvalue weighted by Gasteiger charge is -2.33. The maximum absolute atomic E-state index is 12.8. The van der Waals surface area contributed by atoms with Crippen LogP contribution in [0.15, 0.2) is 45.3 Å². The van der Waals surface area contributed by atoms with Crippen LogP contribution in [0.4, 0.5) is 0 Å². The third-order valence-corrected chi connectivity index (χ3v) is 6.47. The van der Waals surface area contributed by atoms with Crippen molar-refractivity contribution in [2.45, 2.75) is 37.8 Å². The maximum Gasteiger partial charge on any atom is 0.251 e. The Morgan fingerprint density at radius 2 is 1.20 bits per heavy atom. The van der Waals surface area contributed by atoms with Gasteiger partial charge in [-0.1, -0.05) is 12.8 Å². The first-order valence-corrected chi connectivity index (χ1v) is 11.3. The maximum atomic E-state index is 12.8. The summed E-state index contributed by atoms with van der Waals surface area (Å²) in [6.07, 6.45) is 3.66. The van der Waals surface area contributed by atoms with Gasteiger partial charge in [0.05, 0.1) is 23.2 Å². The molecule has 0 aliphatic heterocycles. The molecule has 1 aliphatic rings. The lowest BCUT2D eigenvalue weighted by atomic mass is 9.89. The Labute approximate surface area is 193 Å². The third kappa shape index (κ3) is 5.35. The van der Waals surface area contributed by atoms with Crippen molar-refractivity contribution in [1.82, 2.24) is 10.6 Å². The lowest BCUT2D eigenvalue weighted by molar-refractivity contribution is 0.0862. The number of amides is 2. The zero-order chi connectivity index (χ0) is 21.7. The molecule has 2 amide bonds. The number of carbonyl (C=O) groups is 2. The molecule has 1 aliphatic carbocycles. The first-order chi connectivity index (χ1) is 14.4. The Balaban J connectivity index is 1.68. The number of rotatable bonds is 6.